The van der Waals surface area contributed by atoms with E-state index in [2.05, 4.69) is 0 Å². The fraction of sp³-hybridized carbons (Fsp3) is 0.500. The van der Waals surface area contributed by atoms with Gasteiger partial charge in [0.15, 0.2) is 0 Å². The molecule has 0 saturated carbocycles. The monoisotopic (exact) mass is 375 g/mol. The molecule has 8 nitrogen and oxygen atoms in total. The number of benzene rings is 1. The van der Waals surface area contributed by atoms with E-state index in [0.29, 0.717) is 31.4 Å². The van der Waals surface area contributed by atoms with Gasteiger partial charge in [0.1, 0.15) is 28.9 Å². The van der Waals surface area contributed by atoms with Crippen molar-refractivity contribution in [2.24, 2.45) is 5.92 Å². The lowest BCUT2D eigenvalue weighted by molar-refractivity contribution is -0.145. The van der Waals surface area contributed by atoms with Gasteiger partial charge in [0, 0.05) is 12.3 Å². The maximum atomic E-state index is 12.2. The molecule has 1 amide bonds. The third-order valence-corrected chi connectivity index (χ3v) is 4.80. The van der Waals surface area contributed by atoms with Crippen molar-refractivity contribution in [1.82, 2.24) is 4.90 Å². The Balaban J connectivity index is 1.67. The molecule has 3 rings (SSSR count). The van der Waals surface area contributed by atoms with Gasteiger partial charge in [-0.2, -0.15) is 0 Å². The van der Waals surface area contributed by atoms with Gasteiger partial charge in [0.2, 0.25) is 5.91 Å². The summed E-state index contributed by atoms with van der Waals surface area (Å²) in [4.78, 5) is 36.7. The number of amides is 1. The summed E-state index contributed by atoms with van der Waals surface area (Å²) in [6, 6.07) is 3.33. The molecule has 0 unspecified atom stereocenters. The molecular formula is C18H22BNO7. The Hall–Kier alpha value is -2.55. The Morgan fingerprint density at radius 1 is 1.37 bits per heavy atom. The van der Waals surface area contributed by atoms with Crippen molar-refractivity contribution in [3.8, 4) is 11.5 Å². The first-order chi connectivity index (χ1) is 12.8. The molecule has 9 heteroatoms. The third-order valence-electron chi connectivity index (χ3n) is 4.80. The lowest BCUT2D eigenvalue weighted by Crippen LogP contribution is -2.57. The zero-order valence-electron chi connectivity index (χ0n) is 15.3. The normalized spacial score (nSPS) is 17.4. The molecule has 0 bridgehead atoms. The fourth-order valence-electron chi connectivity index (χ4n) is 3.42. The number of likely N-dealkylation sites (tertiary alicyclic amines) is 1. The van der Waals surface area contributed by atoms with E-state index in [1.54, 1.807) is 24.0 Å². The third kappa shape index (κ3) is 4.08. The molecule has 1 fully saturated rings. The smallest absolute Gasteiger partial charge is 0.522 e. The Morgan fingerprint density at radius 3 is 2.70 bits per heavy atom. The molecule has 1 aromatic rings. The van der Waals surface area contributed by atoms with E-state index < -0.39 is 13.1 Å². The van der Waals surface area contributed by atoms with Crippen LogP contribution in [0.1, 0.15) is 36.2 Å². The van der Waals surface area contributed by atoms with Crippen LogP contribution in [0.2, 0.25) is 6.32 Å². The second-order valence-electron chi connectivity index (χ2n) is 7.13. The highest BCUT2D eigenvalue weighted by atomic mass is 16.5. The van der Waals surface area contributed by atoms with E-state index in [1.165, 1.54) is 6.92 Å². The minimum absolute atomic E-state index is 0.0356. The van der Waals surface area contributed by atoms with Crippen molar-refractivity contribution in [2.45, 2.75) is 39.1 Å². The minimum Gasteiger partial charge on any atom is -0.535 e. The number of hydrogen-bond donors (Lipinski definition) is 2. The van der Waals surface area contributed by atoms with Crippen LogP contribution in [-0.2, 0) is 16.0 Å². The summed E-state index contributed by atoms with van der Waals surface area (Å²) in [5, 5.41) is 19.2. The number of rotatable bonds is 6. The van der Waals surface area contributed by atoms with Crippen LogP contribution in [0.25, 0.3) is 0 Å². The topological polar surface area (TPSA) is 113 Å². The Morgan fingerprint density at radius 2 is 2.07 bits per heavy atom. The van der Waals surface area contributed by atoms with Crippen molar-refractivity contribution in [1.29, 1.82) is 0 Å². The number of nitrogens with zero attached hydrogens (tertiary/aromatic N) is 1. The number of ether oxygens (including phenoxy) is 1. The standard InChI is InChI=1S/C18H22BNO7/c1-10(7-11(2)21)17(22)20-8-13(9-20)26-14-4-3-12-5-6-19(25)27-16(12)15(14)18(23)24/h3-4,10,13,25H,5-9H2,1-2H3,(H,23,24)/t10-/m0/s1. The summed E-state index contributed by atoms with van der Waals surface area (Å²) < 4.78 is 11.1. The Labute approximate surface area is 157 Å². The van der Waals surface area contributed by atoms with Crippen LogP contribution in [0.4, 0.5) is 0 Å². The van der Waals surface area contributed by atoms with E-state index in [4.69, 9.17) is 9.39 Å². The van der Waals surface area contributed by atoms with Crippen molar-refractivity contribution in [3.63, 3.8) is 0 Å². The summed E-state index contributed by atoms with van der Waals surface area (Å²) in [5.74, 6) is -1.42. The summed E-state index contributed by atoms with van der Waals surface area (Å²) in [5.41, 5.74) is 0.606. The zero-order chi connectivity index (χ0) is 19.7. The van der Waals surface area contributed by atoms with Crippen LogP contribution < -0.4 is 9.39 Å². The summed E-state index contributed by atoms with van der Waals surface area (Å²) in [7, 11) is -1.04. The first-order valence-electron chi connectivity index (χ1n) is 8.95. The maximum absolute atomic E-state index is 12.2. The van der Waals surface area contributed by atoms with E-state index >= 15 is 0 Å². The van der Waals surface area contributed by atoms with Gasteiger partial charge in [-0.05, 0) is 31.3 Å². The van der Waals surface area contributed by atoms with Crippen molar-refractivity contribution in [3.05, 3.63) is 23.3 Å². The van der Waals surface area contributed by atoms with Crippen molar-refractivity contribution >= 4 is 24.8 Å². The first kappa shape index (κ1) is 19.2. The van der Waals surface area contributed by atoms with Gasteiger partial charge in [-0.25, -0.2) is 4.79 Å². The Bertz CT molecular complexity index is 775. The minimum atomic E-state index is -1.20. The largest absolute Gasteiger partial charge is 0.535 e. The number of carbonyl (C=O) groups excluding carboxylic acids is 2. The molecule has 0 radical (unpaired) electrons. The lowest BCUT2D eigenvalue weighted by Gasteiger charge is -2.40. The number of fused-ring (bicyclic) bond motifs is 1. The first-order valence-corrected chi connectivity index (χ1v) is 8.95. The van der Waals surface area contributed by atoms with Gasteiger partial charge < -0.3 is 29.2 Å². The quantitative estimate of drug-likeness (QED) is 0.714. The number of aryl methyl sites for hydroxylation is 1. The lowest BCUT2D eigenvalue weighted by atomic mass is 9.78. The molecule has 1 saturated heterocycles. The summed E-state index contributed by atoms with van der Waals surface area (Å²) in [6.45, 7) is 3.84. The van der Waals surface area contributed by atoms with E-state index in [1.807, 2.05) is 0 Å². The van der Waals surface area contributed by atoms with Crippen LogP contribution >= 0.6 is 0 Å². The molecule has 1 aromatic carbocycles. The van der Waals surface area contributed by atoms with Crippen LogP contribution in [-0.4, -0.2) is 59.0 Å². The molecule has 0 aromatic heterocycles. The van der Waals surface area contributed by atoms with Gasteiger partial charge in [0.25, 0.3) is 0 Å². The van der Waals surface area contributed by atoms with Gasteiger partial charge in [-0.1, -0.05) is 13.0 Å². The molecule has 2 aliphatic rings. The van der Waals surface area contributed by atoms with Crippen LogP contribution in [0.5, 0.6) is 11.5 Å². The molecule has 1 atom stereocenters. The highest BCUT2D eigenvalue weighted by Crippen LogP contribution is 2.37. The second-order valence-corrected chi connectivity index (χ2v) is 7.13. The highest BCUT2D eigenvalue weighted by molar-refractivity contribution is 6.44. The Kier molecular flexibility index (Phi) is 5.41. The van der Waals surface area contributed by atoms with E-state index in [0.717, 1.165) is 0 Å². The molecule has 2 N–H and O–H groups in total. The van der Waals surface area contributed by atoms with Gasteiger partial charge >= 0.3 is 13.1 Å². The molecule has 2 heterocycles. The number of ketones is 1. The molecule has 144 valence electrons. The van der Waals surface area contributed by atoms with E-state index in [-0.39, 0.29) is 47.2 Å². The van der Waals surface area contributed by atoms with Gasteiger partial charge in [-0.15, -0.1) is 0 Å². The number of hydrogen-bond acceptors (Lipinski definition) is 6. The average molecular weight is 375 g/mol. The number of Topliss-reactive ketones (excluding diaryl/α,β-unsaturated/α-hetero) is 1. The predicted molar refractivity (Wildman–Crippen MR) is 96.0 cm³/mol. The van der Waals surface area contributed by atoms with Crippen molar-refractivity contribution in [2.75, 3.05) is 13.1 Å². The maximum Gasteiger partial charge on any atom is 0.522 e. The average Bonchev–Trinajstić information content (AvgIpc) is 2.55. The molecule has 0 spiro atoms. The number of carboxylic acid groups (broad SMARTS) is 1. The number of carbonyl (C=O) groups is 3. The highest BCUT2D eigenvalue weighted by Gasteiger charge is 2.36. The number of aromatic carboxylic acids is 1. The van der Waals surface area contributed by atoms with Crippen LogP contribution in [0.3, 0.4) is 0 Å². The fourth-order valence-corrected chi connectivity index (χ4v) is 3.42. The molecule has 27 heavy (non-hydrogen) atoms. The molecule has 2 aliphatic heterocycles. The number of carboxylic acids is 1. The predicted octanol–water partition coefficient (Wildman–Crippen LogP) is 1.00. The summed E-state index contributed by atoms with van der Waals surface area (Å²) in [6.07, 6.45) is 0.804. The molecular weight excluding hydrogens is 353 g/mol. The van der Waals surface area contributed by atoms with Crippen LogP contribution in [0, 0.1) is 5.92 Å². The van der Waals surface area contributed by atoms with Gasteiger partial charge in [-0.3, -0.25) is 4.79 Å². The molecule has 0 aliphatic carbocycles. The van der Waals surface area contributed by atoms with Crippen molar-refractivity contribution < 1.29 is 33.9 Å². The van der Waals surface area contributed by atoms with E-state index in [9.17, 15) is 24.5 Å². The van der Waals surface area contributed by atoms with Crippen LogP contribution in [0.15, 0.2) is 12.1 Å². The second kappa shape index (κ2) is 7.60. The summed E-state index contributed by atoms with van der Waals surface area (Å²) >= 11 is 0. The van der Waals surface area contributed by atoms with Gasteiger partial charge in [0.05, 0.1) is 13.1 Å². The SMILES string of the molecule is CC(=O)C[C@H](C)C(=O)N1CC(Oc2ccc3c(c2C(=O)O)OB(O)CC3)C1. The zero-order valence-corrected chi connectivity index (χ0v) is 15.3.